The van der Waals surface area contributed by atoms with Crippen molar-refractivity contribution in [3.05, 3.63) is 54.6 Å². The molecule has 2 rings (SSSR count). The lowest BCUT2D eigenvalue weighted by Gasteiger charge is -2.24. The van der Waals surface area contributed by atoms with Gasteiger partial charge in [0.05, 0.1) is 18.5 Å². The number of carbonyl (C=O) groups excluding carboxylic acids is 1. The molecule has 0 unspecified atom stereocenters. The van der Waals surface area contributed by atoms with Crippen LogP contribution in [0.25, 0.3) is 11.1 Å². The quantitative estimate of drug-likeness (QED) is 0.822. The Morgan fingerprint density at radius 2 is 1.62 bits per heavy atom. The second-order valence-electron chi connectivity index (χ2n) is 5.34. The molecular formula is C17H20N2O4S. The molecular weight excluding hydrogens is 328 g/mol. The monoisotopic (exact) mass is 348 g/mol. The molecule has 24 heavy (non-hydrogen) atoms. The first-order valence-corrected chi connectivity index (χ1v) is 9.20. The lowest BCUT2D eigenvalue weighted by Crippen LogP contribution is -2.43. The number of aliphatic hydroxyl groups excluding tert-OH is 1. The number of hydrogen-bond acceptors (Lipinski definition) is 4. The summed E-state index contributed by atoms with van der Waals surface area (Å²) in [5.74, 6) is -0.635. The minimum absolute atomic E-state index is 0.344. The maximum Gasteiger partial charge on any atom is 0.250 e. The van der Waals surface area contributed by atoms with E-state index in [1.807, 2.05) is 30.3 Å². The highest BCUT2D eigenvalue weighted by Crippen LogP contribution is 2.24. The van der Waals surface area contributed by atoms with E-state index in [0.29, 0.717) is 5.69 Å². The van der Waals surface area contributed by atoms with E-state index in [-0.39, 0.29) is 6.54 Å². The number of anilines is 1. The number of sulfonamides is 1. The Morgan fingerprint density at radius 1 is 1.08 bits per heavy atom. The van der Waals surface area contributed by atoms with Crippen LogP contribution >= 0.6 is 0 Å². The van der Waals surface area contributed by atoms with Gasteiger partial charge < -0.3 is 10.4 Å². The van der Waals surface area contributed by atoms with Crippen molar-refractivity contribution in [2.24, 2.45) is 0 Å². The summed E-state index contributed by atoms with van der Waals surface area (Å²) in [6.07, 6.45) is -0.409. The highest BCUT2D eigenvalue weighted by molar-refractivity contribution is 7.92. The largest absolute Gasteiger partial charge is 0.381 e. The first-order valence-electron chi connectivity index (χ1n) is 7.36. The second kappa shape index (κ2) is 7.46. The number of benzene rings is 2. The predicted molar refractivity (Wildman–Crippen MR) is 94.1 cm³/mol. The smallest absolute Gasteiger partial charge is 0.250 e. The van der Waals surface area contributed by atoms with Crippen molar-refractivity contribution in [3.8, 4) is 11.1 Å². The molecule has 2 aromatic rings. The van der Waals surface area contributed by atoms with E-state index >= 15 is 0 Å². The molecule has 2 N–H and O–H groups in total. The second-order valence-corrected chi connectivity index (χ2v) is 7.24. The van der Waals surface area contributed by atoms with Gasteiger partial charge in [-0.2, -0.15) is 0 Å². The highest BCUT2D eigenvalue weighted by atomic mass is 32.2. The molecule has 6 nitrogen and oxygen atoms in total. The lowest BCUT2D eigenvalue weighted by atomic mass is 10.1. The van der Waals surface area contributed by atoms with Crippen LogP contribution in [0.1, 0.15) is 0 Å². The van der Waals surface area contributed by atoms with Crippen molar-refractivity contribution in [3.63, 3.8) is 0 Å². The molecule has 2 aromatic carbocycles. The Morgan fingerprint density at radius 3 is 2.12 bits per heavy atom. The van der Waals surface area contributed by atoms with Crippen LogP contribution in [0.2, 0.25) is 0 Å². The van der Waals surface area contributed by atoms with Gasteiger partial charge in [0.1, 0.15) is 0 Å². The van der Waals surface area contributed by atoms with Crippen molar-refractivity contribution < 1.29 is 18.3 Å². The minimum atomic E-state index is -3.64. The molecule has 0 aliphatic carbocycles. The zero-order valence-corrected chi connectivity index (χ0v) is 14.3. The Balaban J connectivity index is 2.29. The maximum atomic E-state index is 12.0. The van der Waals surface area contributed by atoms with E-state index in [9.17, 15) is 18.3 Å². The first-order chi connectivity index (χ1) is 11.3. The van der Waals surface area contributed by atoms with Crippen LogP contribution < -0.4 is 9.62 Å². The summed E-state index contributed by atoms with van der Waals surface area (Å²) in [6, 6.07) is 16.6. The van der Waals surface area contributed by atoms with Gasteiger partial charge in [0, 0.05) is 7.05 Å². The molecule has 0 saturated heterocycles. The maximum absolute atomic E-state index is 12.0. The number of hydrogen-bond donors (Lipinski definition) is 2. The highest BCUT2D eigenvalue weighted by Gasteiger charge is 2.24. The van der Waals surface area contributed by atoms with Gasteiger partial charge >= 0.3 is 0 Å². The van der Waals surface area contributed by atoms with Crippen LogP contribution in [0.5, 0.6) is 0 Å². The molecule has 0 aliphatic heterocycles. The zero-order chi connectivity index (χ0) is 17.7. The van der Waals surface area contributed by atoms with E-state index in [1.165, 1.54) is 7.05 Å². The van der Waals surface area contributed by atoms with Crippen molar-refractivity contribution in [2.75, 3.05) is 24.2 Å². The van der Waals surface area contributed by atoms with Gasteiger partial charge in [-0.15, -0.1) is 0 Å². The average molecular weight is 348 g/mol. The number of likely N-dealkylation sites (N-methyl/N-ethyl adjacent to an activating group) is 1. The molecule has 1 atom stereocenters. The van der Waals surface area contributed by atoms with E-state index in [1.54, 1.807) is 24.3 Å². The predicted octanol–water partition coefficient (Wildman–Crippen LogP) is 1.23. The average Bonchev–Trinajstić information content (AvgIpc) is 2.58. The SMILES string of the molecule is CNC(=O)[C@@H](O)CN(c1ccc(-c2ccccc2)cc1)S(C)(=O)=O. The summed E-state index contributed by atoms with van der Waals surface area (Å²) in [5.41, 5.74) is 2.35. The topological polar surface area (TPSA) is 86.7 Å². The van der Waals surface area contributed by atoms with Gasteiger partial charge in [-0.3, -0.25) is 9.10 Å². The number of rotatable bonds is 6. The van der Waals surface area contributed by atoms with E-state index in [2.05, 4.69) is 5.32 Å². The number of nitrogens with zero attached hydrogens (tertiary/aromatic N) is 1. The van der Waals surface area contributed by atoms with Crippen LogP contribution in [0.3, 0.4) is 0 Å². The first kappa shape index (κ1) is 18.0. The molecule has 0 radical (unpaired) electrons. The Labute approximate surface area is 141 Å². The van der Waals surface area contributed by atoms with E-state index in [4.69, 9.17) is 0 Å². The van der Waals surface area contributed by atoms with Gasteiger partial charge in [0.2, 0.25) is 15.9 Å². The zero-order valence-electron chi connectivity index (χ0n) is 13.5. The Bertz CT molecular complexity index is 789. The van der Waals surface area contributed by atoms with Gasteiger partial charge in [-0.05, 0) is 23.3 Å². The number of nitrogens with one attached hydrogen (secondary N) is 1. The number of amides is 1. The van der Waals surface area contributed by atoms with Crippen LogP contribution in [-0.2, 0) is 14.8 Å². The van der Waals surface area contributed by atoms with Gasteiger partial charge in [-0.1, -0.05) is 42.5 Å². The molecule has 0 aliphatic rings. The number of carbonyl (C=O) groups is 1. The fraction of sp³-hybridized carbons (Fsp3) is 0.235. The van der Waals surface area contributed by atoms with Crippen molar-refractivity contribution in [1.29, 1.82) is 0 Å². The van der Waals surface area contributed by atoms with Crippen molar-refractivity contribution >= 4 is 21.6 Å². The summed E-state index contributed by atoms with van der Waals surface area (Å²) in [4.78, 5) is 11.5. The van der Waals surface area contributed by atoms with Crippen LogP contribution in [0.15, 0.2) is 54.6 Å². The van der Waals surface area contributed by atoms with Crippen LogP contribution in [0.4, 0.5) is 5.69 Å². The van der Waals surface area contributed by atoms with Gasteiger partial charge in [0.15, 0.2) is 6.10 Å². The summed E-state index contributed by atoms with van der Waals surface area (Å²) < 4.78 is 25.0. The fourth-order valence-corrected chi connectivity index (χ4v) is 3.21. The van der Waals surface area contributed by atoms with Crippen molar-refractivity contribution in [1.82, 2.24) is 5.32 Å². The van der Waals surface area contributed by atoms with Crippen molar-refractivity contribution in [2.45, 2.75) is 6.10 Å². The van der Waals surface area contributed by atoms with Gasteiger partial charge in [-0.25, -0.2) is 8.42 Å². The molecule has 0 saturated carbocycles. The third kappa shape index (κ3) is 4.33. The molecule has 0 fully saturated rings. The van der Waals surface area contributed by atoms with E-state index < -0.39 is 22.0 Å². The summed E-state index contributed by atoms with van der Waals surface area (Å²) in [7, 11) is -2.26. The molecule has 0 heterocycles. The molecule has 128 valence electrons. The summed E-state index contributed by atoms with van der Waals surface area (Å²) >= 11 is 0. The molecule has 0 spiro atoms. The number of aliphatic hydroxyl groups is 1. The molecule has 1 amide bonds. The normalized spacial score (nSPS) is 12.5. The standard InChI is InChI=1S/C17H20N2O4S/c1-18-17(21)16(20)12-19(24(2,22)23)15-10-8-14(9-11-15)13-6-4-3-5-7-13/h3-11,16,20H,12H2,1-2H3,(H,18,21)/t16-/m0/s1. The lowest BCUT2D eigenvalue weighted by molar-refractivity contribution is -0.128. The van der Waals surface area contributed by atoms with Crippen LogP contribution in [0, 0.1) is 0 Å². The molecule has 0 aromatic heterocycles. The van der Waals surface area contributed by atoms with Crippen LogP contribution in [-0.4, -0.2) is 45.4 Å². The Hall–Kier alpha value is -2.38. The summed E-state index contributed by atoms with van der Waals surface area (Å²) in [5, 5.41) is 12.1. The summed E-state index contributed by atoms with van der Waals surface area (Å²) in [6.45, 7) is -0.344. The Kier molecular flexibility index (Phi) is 5.58. The van der Waals surface area contributed by atoms with E-state index in [0.717, 1.165) is 21.7 Å². The third-order valence-corrected chi connectivity index (χ3v) is 4.71. The fourth-order valence-electron chi connectivity index (χ4n) is 2.29. The molecule has 7 heteroatoms. The molecule has 0 bridgehead atoms. The van der Waals surface area contributed by atoms with Gasteiger partial charge in [0.25, 0.3) is 0 Å². The third-order valence-electron chi connectivity index (χ3n) is 3.55. The minimum Gasteiger partial charge on any atom is -0.381 e.